The molecular weight excluding hydrogens is 322 g/mol. The van der Waals surface area contributed by atoms with Crippen LogP contribution in [-0.4, -0.2) is 65.7 Å². The molecule has 0 spiro atoms. The van der Waals surface area contributed by atoms with E-state index in [0.29, 0.717) is 18.1 Å². The molecule has 0 aromatic carbocycles. The lowest BCUT2D eigenvalue weighted by Crippen LogP contribution is -2.41. The van der Waals surface area contributed by atoms with Crippen molar-refractivity contribution < 1.29 is 13.3 Å². The van der Waals surface area contributed by atoms with Crippen LogP contribution in [0.4, 0.5) is 11.5 Å². The van der Waals surface area contributed by atoms with Crippen LogP contribution in [0.1, 0.15) is 18.5 Å². The van der Waals surface area contributed by atoms with Gasteiger partial charge in [0.05, 0.1) is 10.7 Å². The third kappa shape index (κ3) is 4.64. The van der Waals surface area contributed by atoms with Crippen LogP contribution >= 0.6 is 0 Å². The van der Waals surface area contributed by atoms with Gasteiger partial charge in [0.2, 0.25) is 5.82 Å². The summed E-state index contributed by atoms with van der Waals surface area (Å²) in [5.74, 6) is 0.597. The van der Waals surface area contributed by atoms with Gasteiger partial charge in [-0.2, -0.15) is 5.10 Å². The number of sulfone groups is 1. The van der Waals surface area contributed by atoms with E-state index in [0.717, 1.165) is 25.9 Å². The second kappa shape index (κ2) is 6.83. The Kier molecular flexibility index (Phi) is 5.25. The lowest BCUT2D eigenvalue weighted by molar-refractivity contribution is -0.384. The van der Waals surface area contributed by atoms with Gasteiger partial charge >= 0.3 is 5.69 Å². The normalized spacial score (nSPS) is 17.3. The molecule has 0 radical (unpaired) electrons. The first-order valence-corrected chi connectivity index (χ1v) is 9.58. The molecule has 1 saturated heterocycles. The topological polar surface area (TPSA) is 110 Å². The van der Waals surface area contributed by atoms with Gasteiger partial charge in [0, 0.05) is 39.0 Å². The first kappa shape index (κ1) is 17.7. The number of anilines is 1. The maximum Gasteiger partial charge on any atom is 0.333 e. The molecule has 2 heterocycles. The molecule has 130 valence electrons. The Morgan fingerprint density at radius 2 is 2.00 bits per heavy atom. The Hall–Kier alpha value is -1.68. The van der Waals surface area contributed by atoms with Gasteiger partial charge in [-0.3, -0.25) is 10.1 Å². The highest BCUT2D eigenvalue weighted by atomic mass is 32.2. The fraction of sp³-hybridized carbons (Fsp3) is 0.769. The second-order valence-electron chi connectivity index (χ2n) is 6.05. The minimum atomic E-state index is -2.95. The number of nitrogens with one attached hydrogen (secondary N) is 1. The number of hydrogen-bond acceptors (Lipinski definition) is 7. The van der Waals surface area contributed by atoms with Crippen molar-refractivity contribution in [2.75, 3.05) is 37.0 Å². The van der Waals surface area contributed by atoms with Crippen molar-refractivity contribution in [2.45, 2.75) is 25.8 Å². The first-order valence-electron chi connectivity index (χ1n) is 7.52. The van der Waals surface area contributed by atoms with Crippen LogP contribution in [0.15, 0.2) is 0 Å². The van der Waals surface area contributed by atoms with Crippen molar-refractivity contribution in [3.8, 4) is 0 Å². The Bertz CT molecular complexity index is 677. The predicted octanol–water partition coefficient (Wildman–Crippen LogP) is 0.558. The largest absolute Gasteiger partial charge is 0.362 e. The van der Waals surface area contributed by atoms with Crippen LogP contribution in [0.3, 0.4) is 0 Å². The van der Waals surface area contributed by atoms with Gasteiger partial charge in [0.1, 0.15) is 15.5 Å². The average molecular weight is 345 g/mol. The van der Waals surface area contributed by atoms with Crippen LogP contribution in [-0.2, 0) is 16.9 Å². The second-order valence-corrected chi connectivity index (χ2v) is 8.31. The van der Waals surface area contributed by atoms with E-state index in [-0.39, 0.29) is 17.5 Å². The molecule has 0 bridgehead atoms. The van der Waals surface area contributed by atoms with Crippen molar-refractivity contribution in [1.82, 2.24) is 14.7 Å². The maximum atomic E-state index is 11.2. The zero-order chi connectivity index (χ0) is 17.2. The maximum absolute atomic E-state index is 11.2. The summed E-state index contributed by atoms with van der Waals surface area (Å²) >= 11 is 0. The van der Waals surface area contributed by atoms with E-state index < -0.39 is 14.8 Å². The van der Waals surface area contributed by atoms with Gasteiger partial charge < -0.3 is 10.2 Å². The molecule has 1 aliphatic heterocycles. The minimum absolute atomic E-state index is 0.0204. The van der Waals surface area contributed by atoms with E-state index in [1.807, 2.05) is 0 Å². The lowest BCUT2D eigenvalue weighted by Gasteiger charge is -2.32. The number of nitro groups is 1. The molecule has 0 amide bonds. The zero-order valence-corrected chi connectivity index (χ0v) is 14.5. The smallest absolute Gasteiger partial charge is 0.333 e. The van der Waals surface area contributed by atoms with Gasteiger partial charge in [-0.25, -0.2) is 13.1 Å². The van der Waals surface area contributed by atoms with Crippen LogP contribution in [0.5, 0.6) is 0 Å². The van der Waals surface area contributed by atoms with Crippen molar-refractivity contribution >= 4 is 21.3 Å². The highest BCUT2D eigenvalue weighted by Crippen LogP contribution is 2.29. The number of nitrogens with zero attached hydrogens (tertiary/aromatic N) is 4. The van der Waals surface area contributed by atoms with E-state index in [1.54, 1.807) is 14.0 Å². The van der Waals surface area contributed by atoms with Gasteiger partial charge in [0.25, 0.3) is 0 Å². The molecule has 2 rings (SSSR count). The van der Waals surface area contributed by atoms with E-state index in [9.17, 15) is 18.5 Å². The summed E-state index contributed by atoms with van der Waals surface area (Å²) in [4.78, 5) is 12.9. The van der Waals surface area contributed by atoms with Crippen molar-refractivity contribution in [3.63, 3.8) is 0 Å². The van der Waals surface area contributed by atoms with Gasteiger partial charge in [-0.05, 0) is 19.8 Å². The van der Waals surface area contributed by atoms with Gasteiger partial charge in [-0.1, -0.05) is 0 Å². The molecule has 1 N–H and O–H groups in total. The fourth-order valence-electron chi connectivity index (χ4n) is 2.82. The third-order valence-corrected chi connectivity index (χ3v) is 5.00. The van der Waals surface area contributed by atoms with Crippen molar-refractivity contribution in [2.24, 2.45) is 7.05 Å². The Balaban J connectivity index is 1.94. The van der Waals surface area contributed by atoms with E-state index in [4.69, 9.17) is 0 Å². The van der Waals surface area contributed by atoms with E-state index >= 15 is 0 Å². The zero-order valence-electron chi connectivity index (χ0n) is 13.7. The number of rotatable bonds is 6. The number of aromatic nitrogens is 2. The molecule has 1 aromatic heterocycles. The molecule has 0 aliphatic carbocycles. The molecule has 0 unspecified atom stereocenters. The molecule has 1 aliphatic rings. The summed E-state index contributed by atoms with van der Waals surface area (Å²) in [5, 5.41) is 18.5. The third-order valence-electron chi connectivity index (χ3n) is 4.08. The van der Waals surface area contributed by atoms with Gasteiger partial charge in [-0.15, -0.1) is 0 Å². The van der Waals surface area contributed by atoms with Crippen LogP contribution in [0.25, 0.3) is 0 Å². The standard InChI is InChI=1S/C13H23N5O4S/c1-10-12(18(19)20)13(16(2)15-10)14-11-4-6-17(7-5-11)8-9-23(3,21)22/h11,14H,4-9H2,1-3H3. The van der Waals surface area contributed by atoms with Crippen molar-refractivity contribution in [1.29, 1.82) is 0 Å². The molecule has 10 heteroatoms. The average Bonchev–Trinajstić information content (AvgIpc) is 2.71. The van der Waals surface area contributed by atoms with E-state index in [1.165, 1.54) is 10.9 Å². The van der Waals surface area contributed by atoms with Crippen LogP contribution in [0, 0.1) is 17.0 Å². The Morgan fingerprint density at radius 3 is 2.52 bits per heavy atom. The Labute approximate surface area is 135 Å². The van der Waals surface area contributed by atoms with Crippen LogP contribution < -0.4 is 5.32 Å². The van der Waals surface area contributed by atoms with Crippen molar-refractivity contribution in [3.05, 3.63) is 15.8 Å². The van der Waals surface area contributed by atoms with Crippen LogP contribution in [0.2, 0.25) is 0 Å². The summed E-state index contributed by atoms with van der Waals surface area (Å²) in [7, 11) is -1.26. The number of aryl methyl sites for hydroxylation is 2. The van der Waals surface area contributed by atoms with Gasteiger partial charge in [0.15, 0.2) is 0 Å². The SMILES string of the molecule is Cc1nn(C)c(NC2CCN(CCS(C)(=O)=O)CC2)c1[N+](=O)[O-]. The number of piperidine rings is 1. The quantitative estimate of drug-likeness (QED) is 0.592. The molecule has 23 heavy (non-hydrogen) atoms. The summed E-state index contributed by atoms with van der Waals surface area (Å²) in [6.45, 7) is 3.71. The molecule has 0 atom stereocenters. The fourth-order valence-corrected chi connectivity index (χ4v) is 3.41. The summed E-state index contributed by atoms with van der Waals surface area (Å²) in [5.41, 5.74) is 0.414. The number of hydrogen-bond donors (Lipinski definition) is 1. The van der Waals surface area contributed by atoms with E-state index in [2.05, 4.69) is 15.3 Å². The molecule has 1 aromatic rings. The highest BCUT2D eigenvalue weighted by molar-refractivity contribution is 7.90. The minimum Gasteiger partial charge on any atom is -0.362 e. The molecular formula is C13H23N5O4S. The molecule has 1 fully saturated rings. The summed E-state index contributed by atoms with van der Waals surface area (Å²) in [6, 6.07) is 0.123. The lowest BCUT2D eigenvalue weighted by atomic mass is 10.1. The molecule has 9 nitrogen and oxygen atoms in total. The Morgan fingerprint density at radius 1 is 1.39 bits per heavy atom. The summed E-state index contributed by atoms with van der Waals surface area (Å²) < 4.78 is 23.9. The monoisotopic (exact) mass is 345 g/mol. The highest BCUT2D eigenvalue weighted by Gasteiger charge is 2.27. The first-order chi connectivity index (χ1) is 10.7. The molecule has 0 saturated carbocycles. The summed E-state index contributed by atoms with van der Waals surface area (Å²) in [6.07, 6.45) is 2.86. The predicted molar refractivity (Wildman–Crippen MR) is 87.4 cm³/mol. The number of likely N-dealkylation sites (tertiary alicyclic amines) is 1.